The molecule has 23 heavy (non-hydrogen) atoms. The summed E-state index contributed by atoms with van der Waals surface area (Å²) in [4.78, 5) is 10.5. The van der Waals surface area contributed by atoms with E-state index in [0.717, 1.165) is 5.56 Å². The minimum absolute atomic E-state index is 0.669. The van der Waals surface area contributed by atoms with E-state index in [9.17, 15) is 0 Å². The van der Waals surface area contributed by atoms with Gasteiger partial charge in [0.2, 0.25) is 0 Å². The zero-order chi connectivity index (χ0) is 16.1. The van der Waals surface area contributed by atoms with Gasteiger partial charge in [0.05, 0.1) is 12.4 Å². The van der Waals surface area contributed by atoms with Gasteiger partial charge in [0.15, 0.2) is 0 Å². The predicted octanol–water partition coefficient (Wildman–Crippen LogP) is 2.99. The fourth-order valence-corrected chi connectivity index (χ4v) is 2.18. The normalized spacial score (nSPS) is 10.9. The molecule has 0 radical (unpaired) electrons. The first kappa shape index (κ1) is 14.9. The molecule has 0 saturated carbocycles. The second-order valence-electron chi connectivity index (χ2n) is 5.41. The maximum absolute atomic E-state index is 4.22. The first-order valence-electron chi connectivity index (χ1n) is 7.46. The van der Waals surface area contributed by atoms with Crippen LogP contribution in [0.3, 0.4) is 0 Å². The maximum atomic E-state index is 4.22. The van der Waals surface area contributed by atoms with E-state index in [1.54, 1.807) is 12.4 Å². The largest absolute Gasteiger partial charge is 0.437 e. The molecule has 0 amide bonds. The topological polar surface area (TPSA) is 32.9 Å². The van der Waals surface area contributed by atoms with Gasteiger partial charge in [-0.2, -0.15) is 0 Å². The Morgan fingerprint density at radius 1 is 0.826 bits per heavy atom. The van der Waals surface area contributed by atoms with Crippen molar-refractivity contribution in [2.45, 2.75) is 0 Å². The van der Waals surface area contributed by atoms with Crippen molar-refractivity contribution in [2.24, 2.45) is 0 Å². The number of hydrogen-bond donors (Lipinski definition) is 0. The van der Waals surface area contributed by atoms with Crippen molar-refractivity contribution in [2.75, 3.05) is 19.0 Å². The molecule has 0 fully saturated rings. The van der Waals surface area contributed by atoms with E-state index in [4.69, 9.17) is 0 Å². The molecule has 1 aromatic carbocycles. The monoisotopic (exact) mass is 303 g/mol. The van der Waals surface area contributed by atoms with Crippen LogP contribution in [0.2, 0.25) is 0 Å². The Morgan fingerprint density at radius 2 is 1.39 bits per heavy atom. The lowest BCUT2D eigenvalue weighted by Gasteiger charge is -2.11. The lowest BCUT2D eigenvalue weighted by Crippen LogP contribution is -2.31. The molecule has 114 valence electrons. The molecule has 0 saturated heterocycles. The lowest BCUT2D eigenvalue weighted by molar-refractivity contribution is -0.603. The highest BCUT2D eigenvalue weighted by Crippen LogP contribution is 2.14. The zero-order valence-corrected chi connectivity index (χ0v) is 13.3. The molecule has 0 N–H and O–H groups in total. The van der Waals surface area contributed by atoms with Gasteiger partial charge in [0.1, 0.15) is 12.4 Å². The highest BCUT2D eigenvalue weighted by molar-refractivity contribution is 5.70. The molecule has 2 aromatic heterocycles. The van der Waals surface area contributed by atoms with Crippen LogP contribution < -0.4 is 9.47 Å². The Kier molecular flexibility index (Phi) is 4.43. The molecule has 4 heteroatoms. The molecule has 0 aliphatic carbocycles. The van der Waals surface area contributed by atoms with Gasteiger partial charge in [-0.1, -0.05) is 34.3 Å². The molecule has 0 aliphatic heterocycles. The van der Waals surface area contributed by atoms with Crippen molar-refractivity contribution in [3.63, 3.8) is 0 Å². The minimum atomic E-state index is 0.669. The van der Waals surface area contributed by atoms with Gasteiger partial charge in [-0.3, -0.25) is 0 Å². The van der Waals surface area contributed by atoms with Gasteiger partial charge in [0, 0.05) is 25.8 Å². The standard InChI is InChI=1S/C19H19N4/c1-22(2)18-8-6-16(7-9-18)4-5-17-10-14-23(15-11-17)19-20-12-3-13-21-19/h3-15H,1-2H3/q+1. The maximum Gasteiger partial charge on any atom is 0.437 e. The minimum Gasteiger partial charge on any atom is -0.378 e. The molecule has 0 aliphatic rings. The smallest absolute Gasteiger partial charge is 0.378 e. The number of rotatable bonds is 4. The Hall–Kier alpha value is -3.01. The Labute approximate surface area is 136 Å². The van der Waals surface area contributed by atoms with Crippen LogP contribution in [0, 0.1) is 0 Å². The summed E-state index contributed by atoms with van der Waals surface area (Å²) >= 11 is 0. The number of nitrogens with zero attached hydrogens (tertiary/aromatic N) is 4. The summed E-state index contributed by atoms with van der Waals surface area (Å²) in [6.07, 6.45) is 11.6. The average molecular weight is 303 g/mol. The number of anilines is 1. The number of aromatic nitrogens is 3. The molecule has 4 nitrogen and oxygen atoms in total. The van der Waals surface area contributed by atoms with Gasteiger partial charge in [-0.25, -0.2) is 4.57 Å². The number of pyridine rings is 1. The molecule has 0 spiro atoms. The Bertz CT molecular complexity index is 776. The van der Waals surface area contributed by atoms with Crippen LogP contribution in [0.15, 0.2) is 67.3 Å². The quantitative estimate of drug-likeness (QED) is 0.695. The third-order valence-corrected chi connectivity index (χ3v) is 3.52. The van der Waals surface area contributed by atoms with E-state index in [1.807, 2.05) is 49.3 Å². The SMILES string of the molecule is CN(C)c1ccc(/C=C/c2cc[n+](-c3ncccn3)cc2)cc1. The second-order valence-corrected chi connectivity index (χ2v) is 5.41. The van der Waals surface area contributed by atoms with Crippen molar-refractivity contribution in [3.05, 3.63) is 78.4 Å². The van der Waals surface area contributed by atoms with E-state index in [0.29, 0.717) is 5.95 Å². The fourth-order valence-electron chi connectivity index (χ4n) is 2.18. The number of benzene rings is 1. The molecular formula is C19H19N4+. The summed E-state index contributed by atoms with van der Waals surface area (Å²) in [5, 5.41) is 0. The highest BCUT2D eigenvalue weighted by atomic mass is 15.1. The summed E-state index contributed by atoms with van der Waals surface area (Å²) in [6, 6.07) is 14.4. The van der Waals surface area contributed by atoms with Crippen LogP contribution in [0.25, 0.3) is 18.1 Å². The second kappa shape index (κ2) is 6.83. The van der Waals surface area contributed by atoms with Crippen LogP contribution in [-0.4, -0.2) is 24.1 Å². The average Bonchev–Trinajstić information content (AvgIpc) is 2.61. The molecule has 3 rings (SSSR count). The van der Waals surface area contributed by atoms with Crippen molar-refractivity contribution >= 4 is 17.8 Å². The van der Waals surface area contributed by atoms with Crippen molar-refractivity contribution in [3.8, 4) is 5.95 Å². The van der Waals surface area contributed by atoms with Crippen LogP contribution in [0.1, 0.15) is 11.1 Å². The van der Waals surface area contributed by atoms with Crippen LogP contribution in [-0.2, 0) is 0 Å². The molecule has 3 aromatic rings. The van der Waals surface area contributed by atoms with Gasteiger partial charge >= 0.3 is 5.95 Å². The first-order chi connectivity index (χ1) is 11.2. The third kappa shape index (κ3) is 3.80. The van der Waals surface area contributed by atoms with Crippen molar-refractivity contribution < 1.29 is 4.57 Å². The summed E-state index contributed by atoms with van der Waals surface area (Å²) in [6.45, 7) is 0. The Morgan fingerprint density at radius 3 is 1.96 bits per heavy atom. The molecule has 0 unspecified atom stereocenters. The molecular weight excluding hydrogens is 284 g/mol. The molecule has 0 atom stereocenters. The van der Waals surface area contributed by atoms with E-state index >= 15 is 0 Å². The highest BCUT2D eigenvalue weighted by Gasteiger charge is 2.05. The van der Waals surface area contributed by atoms with E-state index in [2.05, 4.69) is 51.3 Å². The van der Waals surface area contributed by atoms with Gasteiger partial charge in [-0.15, -0.1) is 0 Å². The van der Waals surface area contributed by atoms with E-state index in [-0.39, 0.29) is 0 Å². The summed E-state index contributed by atoms with van der Waals surface area (Å²) in [5.74, 6) is 0.669. The van der Waals surface area contributed by atoms with E-state index < -0.39 is 0 Å². The van der Waals surface area contributed by atoms with Crippen LogP contribution in [0.4, 0.5) is 5.69 Å². The lowest BCUT2D eigenvalue weighted by atomic mass is 10.1. The molecule has 2 heterocycles. The summed E-state index contributed by atoms with van der Waals surface area (Å²) in [7, 11) is 4.08. The predicted molar refractivity (Wildman–Crippen MR) is 93.3 cm³/mol. The van der Waals surface area contributed by atoms with Gasteiger partial charge in [-0.05, 0) is 35.4 Å². The van der Waals surface area contributed by atoms with E-state index in [1.165, 1.54) is 11.3 Å². The van der Waals surface area contributed by atoms with Crippen molar-refractivity contribution in [1.29, 1.82) is 0 Å². The fraction of sp³-hybridized carbons (Fsp3) is 0.105. The van der Waals surface area contributed by atoms with Crippen LogP contribution >= 0.6 is 0 Å². The van der Waals surface area contributed by atoms with Gasteiger partial charge < -0.3 is 4.90 Å². The third-order valence-electron chi connectivity index (χ3n) is 3.52. The van der Waals surface area contributed by atoms with Crippen LogP contribution in [0.5, 0.6) is 0 Å². The first-order valence-corrected chi connectivity index (χ1v) is 7.46. The van der Waals surface area contributed by atoms with Crippen molar-refractivity contribution in [1.82, 2.24) is 9.97 Å². The summed E-state index contributed by atoms with van der Waals surface area (Å²) in [5.41, 5.74) is 3.51. The molecule has 0 bridgehead atoms. The Balaban J connectivity index is 1.73. The van der Waals surface area contributed by atoms with Gasteiger partial charge in [0.25, 0.3) is 0 Å². The number of hydrogen-bond acceptors (Lipinski definition) is 3. The zero-order valence-electron chi connectivity index (χ0n) is 13.3. The summed E-state index contributed by atoms with van der Waals surface area (Å²) < 4.78 is 1.89.